The number of aliphatic hydroxyl groups is 1. The van der Waals surface area contributed by atoms with Gasteiger partial charge >= 0.3 is 0 Å². The topological polar surface area (TPSA) is 106 Å². The summed E-state index contributed by atoms with van der Waals surface area (Å²) in [5.74, 6) is -0.282. The summed E-state index contributed by atoms with van der Waals surface area (Å²) in [5.41, 5.74) is 14.1. The number of aliphatic imine (C=N–C) groups is 1. The SMILES string of the molecule is N#CC1=C(N)C2C(=Nc3ccccc32)C(CO)=C1c1ccc2c(c1)NCN2. The predicted octanol–water partition coefficient (Wildman–Crippen LogP) is 2.85. The monoisotopic (exact) mass is 355 g/mol. The minimum Gasteiger partial charge on any atom is -0.400 e. The van der Waals surface area contributed by atoms with Crippen LogP contribution >= 0.6 is 0 Å². The number of hydrogen-bond acceptors (Lipinski definition) is 6. The second-order valence-corrected chi connectivity index (χ2v) is 6.73. The third kappa shape index (κ3) is 2.12. The molecule has 1 unspecified atom stereocenters. The van der Waals surface area contributed by atoms with Gasteiger partial charge in [0.1, 0.15) is 6.07 Å². The van der Waals surface area contributed by atoms with Crippen LogP contribution in [0.1, 0.15) is 17.0 Å². The summed E-state index contributed by atoms with van der Waals surface area (Å²) in [6.45, 7) is 0.456. The molecule has 0 spiro atoms. The van der Waals surface area contributed by atoms with Gasteiger partial charge in [-0.2, -0.15) is 5.26 Å². The van der Waals surface area contributed by atoms with Crippen molar-refractivity contribution in [2.24, 2.45) is 10.7 Å². The molecule has 5 rings (SSSR count). The van der Waals surface area contributed by atoms with Crippen LogP contribution in [0.15, 0.2) is 64.3 Å². The van der Waals surface area contributed by atoms with E-state index in [9.17, 15) is 10.4 Å². The number of aliphatic hydroxyl groups excluding tert-OH is 1. The lowest BCUT2D eigenvalue weighted by Crippen LogP contribution is -2.27. The third-order valence-electron chi connectivity index (χ3n) is 5.36. The summed E-state index contributed by atoms with van der Waals surface area (Å²) in [6.07, 6.45) is 0. The molecule has 5 N–H and O–H groups in total. The molecule has 6 heteroatoms. The van der Waals surface area contributed by atoms with E-state index in [1.54, 1.807) is 0 Å². The second-order valence-electron chi connectivity index (χ2n) is 6.73. The zero-order valence-corrected chi connectivity index (χ0v) is 14.5. The van der Waals surface area contributed by atoms with Crippen LogP contribution in [-0.2, 0) is 0 Å². The van der Waals surface area contributed by atoms with E-state index in [0.29, 0.717) is 29.1 Å². The Hall–Kier alpha value is -3.56. The lowest BCUT2D eigenvalue weighted by atomic mass is 9.77. The van der Waals surface area contributed by atoms with Crippen LogP contribution in [0, 0.1) is 11.3 Å². The minimum absolute atomic E-state index is 0.208. The zero-order valence-electron chi connectivity index (χ0n) is 14.5. The molecule has 1 aliphatic carbocycles. The van der Waals surface area contributed by atoms with Crippen molar-refractivity contribution in [3.8, 4) is 6.07 Å². The molecule has 0 fully saturated rings. The number of nitriles is 1. The molecule has 132 valence electrons. The zero-order chi connectivity index (χ0) is 18.5. The molecule has 2 aromatic rings. The van der Waals surface area contributed by atoms with E-state index in [1.807, 2.05) is 42.5 Å². The number of allylic oxidation sites excluding steroid dienone is 3. The second kappa shape index (κ2) is 5.73. The first-order valence-electron chi connectivity index (χ1n) is 8.77. The molecular weight excluding hydrogens is 338 g/mol. The van der Waals surface area contributed by atoms with Crippen LogP contribution in [-0.4, -0.2) is 24.1 Å². The largest absolute Gasteiger partial charge is 0.400 e. The molecule has 0 saturated carbocycles. The lowest BCUT2D eigenvalue weighted by molar-refractivity contribution is 0.337. The number of fused-ring (bicyclic) bond motifs is 4. The molecule has 0 aromatic heterocycles. The highest BCUT2D eigenvalue weighted by Gasteiger charge is 2.39. The summed E-state index contributed by atoms with van der Waals surface area (Å²) in [4.78, 5) is 4.74. The first-order valence-corrected chi connectivity index (χ1v) is 8.77. The fourth-order valence-electron chi connectivity index (χ4n) is 4.13. The van der Waals surface area contributed by atoms with Crippen molar-refractivity contribution in [3.63, 3.8) is 0 Å². The molecular formula is C21H17N5O. The summed E-state index contributed by atoms with van der Waals surface area (Å²) >= 11 is 0. The Kier molecular flexibility index (Phi) is 3.33. The highest BCUT2D eigenvalue weighted by molar-refractivity contribution is 6.20. The minimum atomic E-state index is -0.282. The molecule has 6 nitrogen and oxygen atoms in total. The number of nitrogens with zero attached hydrogens (tertiary/aromatic N) is 2. The number of hydrogen-bond donors (Lipinski definition) is 4. The Morgan fingerprint density at radius 2 is 2.00 bits per heavy atom. The van der Waals surface area contributed by atoms with Crippen molar-refractivity contribution in [3.05, 3.63) is 70.4 Å². The number of nitrogens with one attached hydrogen (secondary N) is 2. The molecule has 2 aromatic carbocycles. The average Bonchev–Trinajstić information content (AvgIpc) is 3.31. The van der Waals surface area contributed by atoms with Crippen LogP contribution in [0.25, 0.3) is 5.57 Å². The Bertz CT molecular complexity index is 1120. The standard InChI is InChI=1S/C21H17N5O/c22-8-13-18(11-5-6-16-17(7-11)25-10-24-16)14(9-27)21-19(20(13)23)12-3-1-2-4-15(12)26-21/h1-7,19,24-25,27H,9-10,23H2. The average molecular weight is 355 g/mol. The normalized spacial score (nSPS) is 19.6. The van der Waals surface area contributed by atoms with Crippen molar-refractivity contribution >= 4 is 28.3 Å². The fraction of sp³-hybridized carbons (Fsp3) is 0.143. The van der Waals surface area contributed by atoms with Gasteiger partial charge in [0.15, 0.2) is 0 Å². The van der Waals surface area contributed by atoms with Crippen LogP contribution in [0.2, 0.25) is 0 Å². The van der Waals surface area contributed by atoms with Crippen LogP contribution in [0.5, 0.6) is 0 Å². The Balaban J connectivity index is 1.76. The van der Waals surface area contributed by atoms with E-state index in [-0.39, 0.29) is 12.5 Å². The number of anilines is 2. The Labute approximate surface area is 156 Å². The first kappa shape index (κ1) is 15.7. The van der Waals surface area contributed by atoms with E-state index < -0.39 is 0 Å². The molecule has 1 atom stereocenters. The first-order chi connectivity index (χ1) is 13.2. The maximum atomic E-state index is 10.2. The van der Waals surface area contributed by atoms with Crippen molar-refractivity contribution in [1.29, 1.82) is 5.26 Å². The smallest absolute Gasteiger partial charge is 0.102 e. The van der Waals surface area contributed by atoms with Gasteiger partial charge in [-0.3, -0.25) is 4.99 Å². The van der Waals surface area contributed by atoms with Crippen molar-refractivity contribution < 1.29 is 5.11 Å². The van der Waals surface area contributed by atoms with Crippen molar-refractivity contribution in [2.75, 3.05) is 23.9 Å². The molecule has 27 heavy (non-hydrogen) atoms. The van der Waals surface area contributed by atoms with E-state index in [2.05, 4.69) is 16.7 Å². The third-order valence-corrected chi connectivity index (χ3v) is 5.36. The molecule has 0 saturated heterocycles. The van der Waals surface area contributed by atoms with Gasteiger partial charge in [0, 0.05) is 16.8 Å². The number of nitrogens with two attached hydrogens (primary N) is 1. The quantitative estimate of drug-likeness (QED) is 0.663. The van der Waals surface area contributed by atoms with Gasteiger partial charge in [-0.05, 0) is 29.3 Å². The summed E-state index contributed by atoms with van der Waals surface area (Å²) in [6, 6.07) is 15.9. The van der Waals surface area contributed by atoms with Crippen LogP contribution in [0.4, 0.5) is 17.1 Å². The molecule has 0 bridgehead atoms. The number of para-hydroxylation sites is 1. The molecule has 2 heterocycles. The van der Waals surface area contributed by atoms with Gasteiger partial charge in [0.25, 0.3) is 0 Å². The van der Waals surface area contributed by atoms with Gasteiger partial charge < -0.3 is 21.5 Å². The fourth-order valence-corrected chi connectivity index (χ4v) is 4.13. The van der Waals surface area contributed by atoms with Gasteiger partial charge in [0.2, 0.25) is 0 Å². The summed E-state index contributed by atoms with van der Waals surface area (Å²) in [7, 11) is 0. The van der Waals surface area contributed by atoms with E-state index in [4.69, 9.17) is 10.7 Å². The highest BCUT2D eigenvalue weighted by atomic mass is 16.3. The van der Waals surface area contributed by atoms with Crippen LogP contribution in [0.3, 0.4) is 0 Å². The van der Waals surface area contributed by atoms with Crippen molar-refractivity contribution in [2.45, 2.75) is 5.92 Å². The maximum Gasteiger partial charge on any atom is 0.102 e. The Morgan fingerprint density at radius 1 is 1.19 bits per heavy atom. The molecule has 3 aliphatic rings. The van der Waals surface area contributed by atoms with E-state index in [0.717, 1.165) is 33.9 Å². The summed E-state index contributed by atoms with van der Waals surface area (Å²) < 4.78 is 0. The maximum absolute atomic E-state index is 10.2. The van der Waals surface area contributed by atoms with E-state index in [1.165, 1.54) is 0 Å². The predicted molar refractivity (Wildman–Crippen MR) is 106 cm³/mol. The van der Waals surface area contributed by atoms with Gasteiger partial charge in [-0.15, -0.1) is 0 Å². The lowest BCUT2D eigenvalue weighted by Gasteiger charge is -2.27. The summed E-state index contributed by atoms with van der Waals surface area (Å²) in [5, 5.41) is 26.6. The van der Waals surface area contributed by atoms with Gasteiger partial charge in [-0.1, -0.05) is 24.3 Å². The Morgan fingerprint density at radius 3 is 2.81 bits per heavy atom. The van der Waals surface area contributed by atoms with E-state index >= 15 is 0 Å². The molecule has 0 radical (unpaired) electrons. The molecule has 0 amide bonds. The van der Waals surface area contributed by atoms with Gasteiger partial charge in [0.05, 0.1) is 47.5 Å². The van der Waals surface area contributed by atoms with Crippen LogP contribution < -0.4 is 16.4 Å². The van der Waals surface area contributed by atoms with Gasteiger partial charge in [-0.25, -0.2) is 0 Å². The van der Waals surface area contributed by atoms with Crippen molar-refractivity contribution in [1.82, 2.24) is 0 Å². The highest BCUT2D eigenvalue weighted by Crippen LogP contribution is 2.48. The molecule has 2 aliphatic heterocycles. The number of benzene rings is 2. The number of rotatable bonds is 2.